The molecule has 1 saturated heterocycles. The molecule has 0 aliphatic carbocycles. The Morgan fingerprint density at radius 2 is 2.09 bits per heavy atom. The summed E-state index contributed by atoms with van der Waals surface area (Å²) in [6.45, 7) is 0.962. The predicted molar refractivity (Wildman–Crippen MR) is 72.2 cm³/mol. The first-order valence-corrected chi connectivity index (χ1v) is 6.80. The van der Waals surface area contributed by atoms with Crippen molar-refractivity contribution in [2.75, 3.05) is 13.1 Å². The van der Waals surface area contributed by atoms with Crippen LogP contribution in [-0.2, 0) is 0 Å². The normalized spacial score (nSPS) is 22.7. The zero-order chi connectivity index (χ0) is 16.3. The van der Waals surface area contributed by atoms with Crippen LogP contribution in [0, 0.1) is 5.92 Å². The van der Waals surface area contributed by atoms with Crippen molar-refractivity contribution in [2.45, 2.75) is 25.4 Å². The number of nitrogens with one attached hydrogen (secondary N) is 1. The van der Waals surface area contributed by atoms with Gasteiger partial charge >= 0.3 is 12.2 Å². The number of amides is 2. The molecule has 0 aromatic heterocycles. The van der Waals surface area contributed by atoms with E-state index in [4.69, 9.17) is 9.84 Å². The molecule has 1 aliphatic rings. The number of hydrogen-bond acceptors (Lipinski definition) is 3. The van der Waals surface area contributed by atoms with Gasteiger partial charge in [0.15, 0.2) is 6.23 Å². The first kappa shape index (κ1) is 16.4. The lowest BCUT2D eigenvalue weighted by Crippen LogP contribution is -2.67. The van der Waals surface area contributed by atoms with Gasteiger partial charge in [-0.2, -0.15) is 13.2 Å². The van der Waals surface area contributed by atoms with Crippen molar-refractivity contribution in [1.82, 2.24) is 10.2 Å². The summed E-state index contributed by atoms with van der Waals surface area (Å²) in [5, 5.41) is 11.5. The summed E-state index contributed by atoms with van der Waals surface area (Å²) in [5.74, 6) is -1.47. The summed E-state index contributed by atoms with van der Waals surface area (Å²) >= 11 is 0. The average Bonchev–Trinajstić information content (AvgIpc) is 2.41. The molecule has 2 rings (SSSR count). The van der Waals surface area contributed by atoms with Gasteiger partial charge in [-0.05, 0) is 19.1 Å². The molecule has 1 fully saturated rings. The number of likely N-dealkylation sites (tertiary alicyclic amines) is 1. The van der Waals surface area contributed by atoms with Crippen LogP contribution in [0.2, 0.25) is 0 Å². The third-order valence-electron chi connectivity index (χ3n) is 3.27. The average molecular weight is 318 g/mol. The van der Waals surface area contributed by atoms with Crippen molar-refractivity contribution in [1.29, 1.82) is 0 Å². The van der Waals surface area contributed by atoms with E-state index in [1.807, 2.05) is 0 Å². The molecule has 0 bridgehead atoms. The highest BCUT2D eigenvalue weighted by Crippen LogP contribution is 2.39. The van der Waals surface area contributed by atoms with Gasteiger partial charge in [0, 0.05) is 13.1 Å². The minimum Gasteiger partial charge on any atom is -0.470 e. The number of aliphatic hydroxyl groups excluding tert-OH is 1. The number of aliphatic hydroxyl groups is 1. The van der Waals surface area contributed by atoms with Crippen LogP contribution in [0.25, 0.3) is 0 Å². The predicted octanol–water partition coefficient (Wildman–Crippen LogP) is 1.98. The SMILES string of the molecule is CC(O)CNC(=O)N1CC(C(F)(F)F)C1Oc1ccccc1. The van der Waals surface area contributed by atoms with Crippen LogP contribution >= 0.6 is 0 Å². The van der Waals surface area contributed by atoms with Gasteiger partial charge < -0.3 is 15.2 Å². The molecule has 0 saturated carbocycles. The van der Waals surface area contributed by atoms with Crippen molar-refractivity contribution in [3.05, 3.63) is 30.3 Å². The van der Waals surface area contributed by atoms with E-state index >= 15 is 0 Å². The lowest BCUT2D eigenvalue weighted by molar-refractivity contribution is -0.254. The second-order valence-electron chi connectivity index (χ2n) is 5.16. The van der Waals surface area contributed by atoms with Crippen LogP contribution in [0.3, 0.4) is 0 Å². The molecule has 1 aromatic carbocycles. The molecule has 122 valence electrons. The van der Waals surface area contributed by atoms with Crippen LogP contribution < -0.4 is 10.1 Å². The number of carbonyl (C=O) groups is 1. The maximum Gasteiger partial charge on any atom is 0.398 e. The molecule has 2 N–H and O–H groups in total. The number of benzene rings is 1. The third kappa shape index (κ3) is 3.82. The van der Waals surface area contributed by atoms with Crippen LogP contribution in [0.4, 0.5) is 18.0 Å². The van der Waals surface area contributed by atoms with Gasteiger partial charge in [0.1, 0.15) is 11.7 Å². The zero-order valence-corrected chi connectivity index (χ0v) is 11.9. The summed E-state index contributed by atoms with van der Waals surface area (Å²) in [6, 6.07) is 7.34. The summed E-state index contributed by atoms with van der Waals surface area (Å²) in [7, 11) is 0. The van der Waals surface area contributed by atoms with E-state index < -0.39 is 37.0 Å². The molecule has 8 heteroatoms. The highest BCUT2D eigenvalue weighted by molar-refractivity contribution is 5.75. The molecule has 1 heterocycles. The van der Waals surface area contributed by atoms with E-state index in [1.54, 1.807) is 18.2 Å². The minimum absolute atomic E-state index is 0.0376. The summed E-state index contributed by atoms with van der Waals surface area (Å²) < 4.78 is 44.1. The summed E-state index contributed by atoms with van der Waals surface area (Å²) in [4.78, 5) is 12.8. The van der Waals surface area contributed by atoms with E-state index in [0.29, 0.717) is 0 Å². The fraction of sp³-hybridized carbons (Fsp3) is 0.500. The van der Waals surface area contributed by atoms with Crippen molar-refractivity contribution >= 4 is 6.03 Å². The third-order valence-corrected chi connectivity index (χ3v) is 3.27. The number of rotatable bonds is 4. The van der Waals surface area contributed by atoms with E-state index in [2.05, 4.69) is 5.32 Å². The van der Waals surface area contributed by atoms with E-state index in [0.717, 1.165) is 4.90 Å². The number of alkyl halides is 3. The molecule has 5 nitrogen and oxygen atoms in total. The molecule has 3 atom stereocenters. The molecular weight excluding hydrogens is 301 g/mol. The Kier molecular flexibility index (Phi) is 4.80. The minimum atomic E-state index is -4.44. The number of ether oxygens (including phenoxy) is 1. The van der Waals surface area contributed by atoms with Crippen molar-refractivity contribution in [3.63, 3.8) is 0 Å². The summed E-state index contributed by atoms with van der Waals surface area (Å²) in [5.41, 5.74) is 0. The first-order chi connectivity index (χ1) is 10.3. The Hall–Kier alpha value is -1.96. The van der Waals surface area contributed by atoms with Crippen molar-refractivity contribution < 1.29 is 27.8 Å². The van der Waals surface area contributed by atoms with E-state index in [1.165, 1.54) is 19.1 Å². The number of para-hydroxylation sites is 1. The highest BCUT2D eigenvalue weighted by Gasteiger charge is 2.57. The number of nitrogens with zero attached hydrogens (tertiary/aromatic N) is 1. The topological polar surface area (TPSA) is 61.8 Å². The van der Waals surface area contributed by atoms with Crippen LogP contribution in [0.15, 0.2) is 30.3 Å². The number of urea groups is 1. The van der Waals surface area contributed by atoms with Crippen LogP contribution in [0.5, 0.6) is 5.75 Å². The lowest BCUT2D eigenvalue weighted by Gasteiger charge is -2.47. The van der Waals surface area contributed by atoms with Crippen LogP contribution in [0.1, 0.15) is 6.92 Å². The second-order valence-corrected chi connectivity index (χ2v) is 5.16. The Bertz CT molecular complexity index is 508. The number of hydrogen-bond donors (Lipinski definition) is 2. The summed E-state index contributed by atoms with van der Waals surface area (Å²) in [6.07, 6.45) is -6.63. The Morgan fingerprint density at radius 3 is 2.64 bits per heavy atom. The maximum atomic E-state index is 12.9. The van der Waals surface area contributed by atoms with Gasteiger partial charge in [0.25, 0.3) is 0 Å². The zero-order valence-electron chi connectivity index (χ0n) is 11.9. The maximum absolute atomic E-state index is 12.9. The van der Waals surface area contributed by atoms with Gasteiger partial charge in [0.2, 0.25) is 0 Å². The van der Waals surface area contributed by atoms with Gasteiger partial charge in [-0.25, -0.2) is 4.79 Å². The second kappa shape index (κ2) is 6.43. The van der Waals surface area contributed by atoms with Crippen molar-refractivity contribution in [3.8, 4) is 5.75 Å². The standard InChI is InChI=1S/C14H17F3N2O3/c1-9(20)7-18-13(21)19-8-11(14(15,16)17)12(19)22-10-5-3-2-4-6-10/h2-6,9,11-12,20H,7-8H2,1H3,(H,18,21). The van der Waals surface area contributed by atoms with Gasteiger partial charge in [-0.3, -0.25) is 4.90 Å². The van der Waals surface area contributed by atoms with Crippen LogP contribution in [-0.4, -0.2) is 47.6 Å². The fourth-order valence-electron chi connectivity index (χ4n) is 2.07. The smallest absolute Gasteiger partial charge is 0.398 e. The molecule has 1 aliphatic heterocycles. The number of halogens is 3. The first-order valence-electron chi connectivity index (χ1n) is 6.80. The Balaban J connectivity index is 2.05. The highest BCUT2D eigenvalue weighted by atomic mass is 19.4. The van der Waals surface area contributed by atoms with Gasteiger partial charge in [0.05, 0.1) is 6.10 Å². The lowest BCUT2D eigenvalue weighted by atomic mass is 9.96. The molecule has 1 aromatic rings. The molecule has 3 unspecified atom stereocenters. The fourth-order valence-corrected chi connectivity index (χ4v) is 2.07. The van der Waals surface area contributed by atoms with E-state index in [9.17, 15) is 18.0 Å². The van der Waals surface area contributed by atoms with E-state index in [-0.39, 0.29) is 12.3 Å². The Morgan fingerprint density at radius 1 is 1.45 bits per heavy atom. The number of carbonyl (C=O) groups excluding carboxylic acids is 1. The monoisotopic (exact) mass is 318 g/mol. The van der Waals surface area contributed by atoms with Crippen molar-refractivity contribution in [2.24, 2.45) is 5.92 Å². The Labute approximate surface area is 125 Å². The molecule has 0 spiro atoms. The largest absolute Gasteiger partial charge is 0.470 e. The quantitative estimate of drug-likeness (QED) is 0.892. The van der Waals surface area contributed by atoms with Gasteiger partial charge in [-0.15, -0.1) is 0 Å². The molecule has 0 radical (unpaired) electrons. The molecule has 2 amide bonds. The molecular formula is C14H17F3N2O3. The molecule has 22 heavy (non-hydrogen) atoms. The van der Waals surface area contributed by atoms with Gasteiger partial charge in [-0.1, -0.05) is 18.2 Å².